The third kappa shape index (κ3) is 2.58. The molecule has 0 bridgehead atoms. The molecule has 1 amide bonds. The molecule has 0 unspecified atom stereocenters. The molecular weight excluding hydrogens is 270 g/mol. The van der Waals surface area contributed by atoms with Crippen molar-refractivity contribution in [1.82, 2.24) is 10.2 Å². The molecule has 6 nitrogen and oxygen atoms in total. The number of halogens is 1. The topological polar surface area (TPSA) is 95.1 Å². The van der Waals surface area contributed by atoms with Crippen LogP contribution in [0, 0.1) is 6.92 Å². The van der Waals surface area contributed by atoms with Gasteiger partial charge >= 0.3 is 5.97 Å². The molecular formula is C12H10ClN3O3. The molecule has 0 radical (unpaired) electrons. The molecule has 0 saturated carbocycles. The van der Waals surface area contributed by atoms with Crippen molar-refractivity contribution in [3.05, 3.63) is 46.1 Å². The molecule has 1 heterocycles. The number of carbonyl (C=O) groups excluding carboxylic acids is 1. The maximum atomic E-state index is 12.0. The van der Waals surface area contributed by atoms with Crippen molar-refractivity contribution in [3.8, 4) is 0 Å². The quantitative estimate of drug-likeness (QED) is 0.803. The van der Waals surface area contributed by atoms with E-state index in [2.05, 4.69) is 15.5 Å². The van der Waals surface area contributed by atoms with E-state index >= 15 is 0 Å². The first-order valence-corrected chi connectivity index (χ1v) is 5.71. The Morgan fingerprint density at radius 3 is 2.79 bits per heavy atom. The van der Waals surface area contributed by atoms with E-state index < -0.39 is 11.9 Å². The summed E-state index contributed by atoms with van der Waals surface area (Å²) >= 11 is 5.93. The average molecular weight is 280 g/mol. The van der Waals surface area contributed by atoms with Gasteiger partial charge in [0.05, 0.1) is 6.20 Å². The van der Waals surface area contributed by atoms with Crippen LogP contribution in [0.5, 0.6) is 0 Å². The molecule has 7 heteroatoms. The Morgan fingerprint density at radius 1 is 1.37 bits per heavy atom. The second-order valence-corrected chi connectivity index (χ2v) is 4.24. The van der Waals surface area contributed by atoms with Gasteiger partial charge in [-0.2, -0.15) is 5.10 Å². The first kappa shape index (κ1) is 13.1. The number of carboxylic acid groups (broad SMARTS) is 1. The number of rotatable bonds is 3. The molecule has 0 aliphatic heterocycles. The molecule has 1 aromatic carbocycles. The highest BCUT2D eigenvalue weighted by atomic mass is 35.5. The van der Waals surface area contributed by atoms with Gasteiger partial charge < -0.3 is 10.4 Å². The zero-order chi connectivity index (χ0) is 14.0. The van der Waals surface area contributed by atoms with Crippen LogP contribution in [0.3, 0.4) is 0 Å². The third-order valence-electron chi connectivity index (χ3n) is 2.62. The number of nitrogens with one attached hydrogen (secondary N) is 2. The molecule has 0 fully saturated rings. The number of carbonyl (C=O) groups is 2. The predicted octanol–water partition coefficient (Wildman–Crippen LogP) is 2.32. The van der Waals surface area contributed by atoms with E-state index in [0.29, 0.717) is 16.1 Å². The van der Waals surface area contributed by atoms with Crippen LogP contribution < -0.4 is 5.32 Å². The highest BCUT2D eigenvalue weighted by Gasteiger charge is 2.17. The molecule has 0 spiro atoms. The Hall–Kier alpha value is -2.34. The fourth-order valence-electron chi connectivity index (χ4n) is 1.58. The Kier molecular flexibility index (Phi) is 3.52. The van der Waals surface area contributed by atoms with Gasteiger partial charge in [-0.1, -0.05) is 17.7 Å². The summed E-state index contributed by atoms with van der Waals surface area (Å²) in [6, 6.07) is 4.93. The lowest BCUT2D eigenvalue weighted by Crippen LogP contribution is -2.15. The van der Waals surface area contributed by atoms with E-state index in [0.717, 1.165) is 6.20 Å². The number of H-pyrrole nitrogens is 1. The lowest BCUT2D eigenvalue weighted by Gasteiger charge is -2.07. The summed E-state index contributed by atoms with van der Waals surface area (Å²) < 4.78 is 0. The zero-order valence-corrected chi connectivity index (χ0v) is 10.7. The SMILES string of the molecule is Cc1c(Cl)cccc1C(=O)Nc1[nH]ncc1C(=O)O. The number of aromatic carboxylic acids is 1. The molecule has 0 saturated heterocycles. The van der Waals surface area contributed by atoms with Gasteiger partial charge in [0.25, 0.3) is 5.91 Å². The second kappa shape index (κ2) is 5.11. The molecule has 2 aromatic rings. The average Bonchev–Trinajstić information content (AvgIpc) is 2.80. The summed E-state index contributed by atoms with van der Waals surface area (Å²) in [5.74, 6) is -1.59. The van der Waals surface area contributed by atoms with Gasteiger partial charge in [-0.25, -0.2) is 4.79 Å². The predicted molar refractivity (Wildman–Crippen MR) is 69.7 cm³/mol. The zero-order valence-electron chi connectivity index (χ0n) is 9.90. The maximum Gasteiger partial charge on any atom is 0.341 e. The van der Waals surface area contributed by atoms with Crippen molar-refractivity contribution in [2.75, 3.05) is 5.32 Å². The number of anilines is 1. The summed E-state index contributed by atoms with van der Waals surface area (Å²) in [4.78, 5) is 22.9. The fraction of sp³-hybridized carbons (Fsp3) is 0.0833. The first-order valence-electron chi connectivity index (χ1n) is 5.34. The van der Waals surface area contributed by atoms with E-state index in [1.807, 2.05) is 0 Å². The lowest BCUT2D eigenvalue weighted by molar-refractivity contribution is 0.0698. The van der Waals surface area contributed by atoms with Crippen LogP contribution in [-0.2, 0) is 0 Å². The van der Waals surface area contributed by atoms with Crippen LogP contribution in [0.4, 0.5) is 5.82 Å². The van der Waals surface area contributed by atoms with E-state index in [-0.39, 0.29) is 11.4 Å². The Morgan fingerprint density at radius 2 is 2.11 bits per heavy atom. The van der Waals surface area contributed by atoms with Crippen molar-refractivity contribution in [3.63, 3.8) is 0 Å². The van der Waals surface area contributed by atoms with E-state index in [1.165, 1.54) is 0 Å². The molecule has 98 valence electrons. The Balaban J connectivity index is 2.29. The van der Waals surface area contributed by atoms with Crippen LogP contribution in [0.15, 0.2) is 24.4 Å². The van der Waals surface area contributed by atoms with E-state index in [1.54, 1.807) is 25.1 Å². The third-order valence-corrected chi connectivity index (χ3v) is 3.03. The summed E-state index contributed by atoms with van der Waals surface area (Å²) in [6.07, 6.45) is 1.13. The van der Waals surface area contributed by atoms with Crippen LogP contribution >= 0.6 is 11.6 Å². The van der Waals surface area contributed by atoms with Crippen molar-refractivity contribution < 1.29 is 14.7 Å². The number of benzene rings is 1. The van der Waals surface area contributed by atoms with Gasteiger partial charge in [-0.05, 0) is 24.6 Å². The van der Waals surface area contributed by atoms with E-state index in [9.17, 15) is 9.59 Å². The lowest BCUT2D eigenvalue weighted by atomic mass is 10.1. The molecule has 2 rings (SSSR count). The van der Waals surface area contributed by atoms with Gasteiger partial charge in [0.15, 0.2) is 0 Å². The van der Waals surface area contributed by atoms with Gasteiger partial charge in [0.2, 0.25) is 0 Å². The Labute approximate surface area is 113 Å². The van der Waals surface area contributed by atoms with Crippen LogP contribution in [0.25, 0.3) is 0 Å². The van der Waals surface area contributed by atoms with Crippen molar-refractivity contribution in [2.45, 2.75) is 6.92 Å². The van der Waals surface area contributed by atoms with Crippen molar-refractivity contribution >= 4 is 29.3 Å². The smallest absolute Gasteiger partial charge is 0.341 e. The minimum Gasteiger partial charge on any atom is -0.477 e. The number of hydrogen-bond donors (Lipinski definition) is 3. The van der Waals surface area contributed by atoms with Gasteiger partial charge in [-0.3, -0.25) is 9.89 Å². The summed E-state index contributed by atoms with van der Waals surface area (Å²) in [6.45, 7) is 1.71. The number of amides is 1. The number of carboxylic acids is 1. The standard InChI is InChI=1S/C12H10ClN3O3/c1-6-7(3-2-4-9(6)13)11(17)15-10-8(12(18)19)5-14-16-10/h2-5H,1H3,(H,18,19)(H2,14,15,16,17). The van der Waals surface area contributed by atoms with Crippen molar-refractivity contribution in [2.24, 2.45) is 0 Å². The van der Waals surface area contributed by atoms with Gasteiger partial charge in [0.1, 0.15) is 11.4 Å². The normalized spacial score (nSPS) is 10.2. The number of nitrogens with zero attached hydrogens (tertiary/aromatic N) is 1. The second-order valence-electron chi connectivity index (χ2n) is 3.83. The molecule has 1 aromatic heterocycles. The highest BCUT2D eigenvalue weighted by molar-refractivity contribution is 6.32. The molecule has 19 heavy (non-hydrogen) atoms. The van der Waals surface area contributed by atoms with Crippen LogP contribution in [0.1, 0.15) is 26.3 Å². The number of aromatic nitrogens is 2. The van der Waals surface area contributed by atoms with Gasteiger partial charge in [-0.15, -0.1) is 0 Å². The molecule has 0 aliphatic rings. The number of aromatic amines is 1. The molecule has 0 aliphatic carbocycles. The monoisotopic (exact) mass is 279 g/mol. The minimum atomic E-state index is -1.17. The summed E-state index contributed by atoms with van der Waals surface area (Å²) in [5.41, 5.74) is 0.893. The maximum absolute atomic E-state index is 12.0. The summed E-state index contributed by atoms with van der Waals surface area (Å²) in [7, 11) is 0. The number of hydrogen-bond acceptors (Lipinski definition) is 3. The Bertz CT molecular complexity index is 651. The highest BCUT2D eigenvalue weighted by Crippen LogP contribution is 2.20. The fourth-order valence-corrected chi connectivity index (χ4v) is 1.75. The molecule has 0 atom stereocenters. The van der Waals surface area contributed by atoms with Crippen molar-refractivity contribution in [1.29, 1.82) is 0 Å². The first-order chi connectivity index (χ1) is 9.00. The van der Waals surface area contributed by atoms with Gasteiger partial charge in [0, 0.05) is 10.6 Å². The largest absolute Gasteiger partial charge is 0.477 e. The van der Waals surface area contributed by atoms with E-state index in [4.69, 9.17) is 16.7 Å². The van der Waals surface area contributed by atoms with Crippen LogP contribution in [0.2, 0.25) is 5.02 Å². The minimum absolute atomic E-state index is 0.0388. The molecule has 3 N–H and O–H groups in total. The van der Waals surface area contributed by atoms with Crippen LogP contribution in [-0.4, -0.2) is 27.2 Å². The summed E-state index contributed by atoms with van der Waals surface area (Å²) in [5, 5.41) is 17.8.